The van der Waals surface area contributed by atoms with E-state index in [1.807, 2.05) is 16.8 Å². The second-order valence-corrected chi connectivity index (χ2v) is 8.24. The van der Waals surface area contributed by atoms with E-state index < -0.39 is 5.91 Å². The summed E-state index contributed by atoms with van der Waals surface area (Å²) in [5.41, 5.74) is 7.49. The predicted octanol–water partition coefficient (Wildman–Crippen LogP) is 2.79. The molecular weight excluding hydrogens is 438 g/mol. The Labute approximate surface area is 178 Å². The molecule has 0 bridgehead atoms. The van der Waals surface area contributed by atoms with E-state index in [1.54, 1.807) is 14.2 Å². The van der Waals surface area contributed by atoms with Gasteiger partial charge in [-0.3, -0.25) is 4.79 Å². The van der Waals surface area contributed by atoms with Gasteiger partial charge in [-0.15, -0.1) is 0 Å². The van der Waals surface area contributed by atoms with Gasteiger partial charge in [-0.05, 0) is 66.3 Å². The van der Waals surface area contributed by atoms with E-state index in [2.05, 4.69) is 26.6 Å². The number of primary amides is 1. The molecule has 2 aliphatic heterocycles. The van der Waals surface area contributed by atoms with E-state index in [0.717, 1.165) is 44.5 Å². The van der Waals surface area contributed by atoms with Crippen LogP contribution in [0.3, 0.4) is 0 Å². The van der Waals surface area contributed by atoms with Gasteiger partial charge in [0.15, 0.2) is 0 Å². The first-order chi connectivity index (χ1) is 14.0. The van der Waals surface area contributed by atoms with Gasteiger partial charge in [-0.25, -0.2) is 4.68 Å². The lowest BCUT2D eigenvalue weighted by atomic mass is 9.87. The zero-order valence-corrected chi connectivity index (χ0v) is 18.2. The van der Waals surface area contributed by atoms with Gasteiger partial charge < -0.3 is 25.8 Å². The molecule has 3 heterocycles. The minimum Gasteiger partial charge on any atom is -0.495 e. The smallest absolute Gasteiger partial charge is 0.254 e. The van der Waals surface area contributed by atoms with Gasteiger partial charge in [0.2, 0.25) is 0 Å². The van der Waals surface area contributed by atoms with Crippen LogP contribution in [0.25, 0.3) is 11.3 Å². The Kier molecular flexibility index (Phi) is 5.69. The predicted molar refractivity (Wildman–Crippen MR) is 115 cm³/mol. The van der Waals surface area contributed by atoms with E-state index in [4.69, 9.17) is 20.3 Å². The summed E-state index contributed by atoms with van der Waals surface area (Å²) in [7, 11) is 3.18. The fourth-order valence-electron chi connectivity index (χ4n) is 4.41. The lowest BCUT2D eigenvalue weighted by Crippen LogP contribution is -2.36. The summed E-state index contributed by atoms with van der Waals surface area (Å²) in [4.78, 5) is 12.4. The van der Waals surface area contributed by atoms with Crippen LogP contribution in [0.4, 0.5) is 5.82 Å². The highest BCUT2D eigenvalue weighted by Crippen LogP contribution is 2.43. The van der Waals surface area contributed by atoms with Crippen molar-refractivity contribution in [3.8, 4) is 22.8 Å². The normalized spacial score (nSPS) is 19.3. The molecule has 4 N–H and O–H groups in total. The van der Waals surface area contributed by atoms with Crippen molar-refractivity contribution < 1.29 is 14.3 Å². The van der Waals surface area contributed by atoms with Crippen molar-refractivity contribution in [1.29, 1.82) is 0 Å². The van der Waals surface area contributed by atoms with Crippen LogP contribution >= 0.6 is 15.9 Å². The Morgan fingerprint density at radius 1 is 1.17 bits per heavy atom. The molecule has 9 heteroatoms. The van der Waals surface area contributed by atoms with Gasteiger partial charge in [0.25, 0.3) is 5.91 Å². The molecule has 0 aliphatic carbocycles. The van der Waals surface area contributed by atoms with Crippen molar-refractivity contribution >= 4 is 27.7 Å². The topological polar surface area (TPSA) is 103 Å². The van der Waals surface area contributed by atoms with Crippen LogP contribution in [-0.4, -0.2) is 49.5 Å². The largest absolute Gasteiger partial charge is 0.495 e. The van der Waals surface area contributed by atoms with Gasteiger partial charge in [-0.2, -0.15) is 5.10 Å². The number of nitrogens with two attached hydrogens (primary N) is 1. The minimum absolute atomic E-state index is 0.249. The number of rotatable bonds is 5. The highest BCUT2D eigenvalue weighted by molar-refractivity contribution is 9.10. The van der Waals surface area contributed by atoms with Gasteiger partial charge in [0.05, 0.1) is 20.3 Å². The maximum atomic E-state index is 12.4. The summed E-state index contributed by atoms with van der Waals surface area (Å²) in [6.07, 6.45) is 3.18. The SMILES string of the molecule is COc1cc(-c2nn3c(c2C(N)=O)NCCC3C2CCNCC2)cc(OC)c1Br. The van der Waals surface area contributed by atoms with E-state index in [0.29, 0.717) is 39.0 Å². The molecule has 2 aliphatic rings. The molecule has 1 atom stereocenters. The van der Waals surface area contributed by atoms with Crippen LogP contribution in [0.15, 0.2) is 16.6 Å². The first-order valence-corrected chi connectivity index (χ1v) is 10.6. The highest BCUT2D eigenvalue weighted by atomic mass is 79.9. The summed E-state index contributed by atoms with van der Waals surface area (Å²) >= 11 is 3.49. The molecule has 0 spiro atoms. The molecule has 1 amide bonds. The summed E-state index contributed by atoms with van der Waals surface area (Å²) in [5, 5.41) is 11.7. The molecule has 1 aromatic carbocycles. The maximum Gasteiger partial charge on any atom is 0.254 e. The molecule has 0 radical (unpaired) electrons. The van der Waals surface area contributed by atoms with Crippen molar-refractivity contribution in [3.05, 3.63) is 22.2 Å². The van der Waals surface area contributed by atoms with E-state index in [1.165, 1.54) is 0 Å². The molecule has 156 valence electrons. The average Bonchev–Trinajstić information content (AvgIpc) is 3.14. The molecular formula is C20H26BrN5O3. The average molecular weight is 464 g/mol. The second-order valence-electron chi connectivity index (χ2n) is 7.45. The summed E-state index contributed by atoms with van der Waals surface area (Å²) < 4.78 is 13.6. The summed E-state index contributed by atoms with van der Waals surface area (Å²) in [6, 6.07) is 3.93. The zero-order valence-electron chi connectivity index (χ0n) is 16.6. The maximum absolute atomic E-state index is 12.4. The molecule has 8 nitrogen and oxygen atoms in total. The number of nitrogens with zero attached hydrogens (tertiary/aromatic N) is 2. The Balaban J connectivity index is 1.85. The lowest BCUT2D eigenvalue weighted by molar-refractivity contribution is 0.100. The molecule has 1 aromatic heterocycles. The summed E-state index contributed by atoms with van der Waals surface area (Å²) in [6.45, 7) is 2.83. The van der Waals surface area contributed by atoms with Gasteiger partial charge in [0.1, 0.15) is 33.0 Å². The molecule has 29 heavy (non-hydrogen) atoms. The number of hydrogen-bond acceptors (Lipinski definition) is 6. The number of fused-ring (bicyclic) bond motifs is 1. The van der Waals surface area contributed by atoms with E-state index in [9.17, 15) is 4.79 Å². The Hall–Kier alpha value is -2.26. The number of carbonyl (C=O) groups is 1. The third-order valence-electron chi connectivity index (χ3n) is 5.85. The molecule has 0 saturated carbocycles. The van der Waals surface area contributed by atoms with Crippen molar-refractivity contribution in [2.24, 2.45) is 11.7 Å². The quantitative estimate of drug-likeness (QED) is 0.629. The Morgan fingerprint density at radius 3 is 2.41 bits per heavy atom. The fourth-order valence-corrected chi connectivity index (χ4v) is 4.96. The van der Waals surface area contributed by atoms with Crippen LogP contribution in [0.5, 0.6) is 11.5 Å². The number of hydrogen-bond donors (Lipinski definition) is 3. The molecule has 1 unspecified atom stereocenters. The highest BCUT2D eigenvalue weighted by Gasteiger charge is 2.34. The number of benzene rings is 1. The number of ether oxygens (including phenoxy) is 2. The minimum atomic E-state index is -0.499. The van der Waals surface area contributed by atoms with Crippen molar-refractivity contribution in [3.63, 3.8) is 0 Å². The standard InChI is InChI=1S/C20H26BrN5O3/c1-28-14-9-12(10-15(29-2)17(14)21)18-16(19(22)27)20-24-8-5-13(26(20)25-18)11-3-6-23-7-4-11/h9-11,13,23-24H,3-8H2,1-2H3,(H2,22,27). The monoisotopic (exact) mass is 463 g/mol. The van der Waals surface area contributed by atoms with Crippen LogP contribution in [0, 0.1) is 5.92 Å². The van der Waals surface area contributed by atoms with E-state index >= 15 is 0 Å². The molecule has 4 rings (SSSR count). The van der Waals surface area contributed by atoms with Crippen LogP contribution in [-0.2, 0) is 0 Å². The van der Waals surface area contributed by atoms with Crippen molar-refractivity contribution in [2.75, 3.05) is 39.2 Å². The van der Waals surface area contributed by atoms with Crippen molar-refractivity contribution in [2.45, 2.75) is 25.3 Å². The molecule has 1 fully saturated rings. The number of nitrogens with one attached hydrogen (secondary N) is 2. The zero-order chi connectivity index (χ0) is 20.5. The number of aromatic nitrogens is 2. The fraction of sp³-hybridized carbons (Fsp3) is 0.500. The number of anilines is 1. The Bertz CT molecular complexity index is 898. The number of methoxy groups -OCH3 is 2. The molecule has 2 aromatic rings. The third kappa shape index (κ3) is 3.57. The van der Waals surface area contributed by atoms with E-state index in [-0.39, 0.29) is 6.04 Å². The van der Waals surface area contributed by atoms with Crippen LogP contribution in [0.1, 0.15) is 35.7 Å². The number of piperidine rings is 1. The van der Waals surface area contributed by atoms with Crippen LogP contribution < -0.4 is 25.8 Å². The molecule has 1 saturated heterocycles. The lowest BCUT2D eigenvalue weighted by Gasteiger charge is -2.34. The second kappa shape index (κ2) is 8.23. The number of amides is 1. The van der Waals surface area contributed by atoms with Gasteiger partial charge in [-0.1, -0.05) is 0 Å². The van der Waals surface area contributed by atoms with Crippen molar-refractivity contribution in [1.82, 2.24) is 15.1 Å². The number of carbonyl (C=O) groups excluding carboxylic acids is 1. The third-order valence-corrected chi connectivity index (χ3v) is 6.63. The first kappa shape index (κ1) is 20.0. The van der Waals surface area contributed by atoms with Gasteiger partial charge >= 0.3 is 0 Å². The summed E-state index contributed by atoms with van der Waals surface area (Å²) in [5.74, 6) is 1.94. The van der Waals surface area contributed by atoms with Crippen LogP contribution in [0.2, 0.25) is 0 Å². The first-order valence-electron chi connectivity index (χ1n) is 9.84. The number of halogens is 1. The Morgan fingerprint density at radius 2 is 1.83 bits per heavy atom. The van der Waals surface area contributed by atoms with Gasteiger partial charge in [0, 0.05) is 12.1 Å².